The van der Waals surface area contributed by atoms with Gasteiger partial charge in [0.1, 0.15) is 6.04 Å². The van der Waals surface area contributed by atoms with Crippen LogP contribution in [0.15, 0.2) is 0 Å². The zero-order valence-corrected chi connectivity index (χ0v) is 7.89. The summed E-state index contributed by atoms with van der Waals surface area (Å²) >= 11 is 0. The van der Waals surface area contributed by atoms with Gasteiger partial charge in [-0.3, -0.25) is 4.79 Å². The molecule has 0 aromatic heterocycles. The molecule has 0 aliphatic carbocycles. The normalized spacial score (nSPS) is 20.5. The summed E-state index contributed by atoms with van der Waals surface area (Å²) in [5.74, 6) is -0.264. The molecule has 0 unspecified atom stereocenters. The number of ether oxygens (including phenoxy) is 1. The van der Waals surface area contributed by atoms with E-state index in [0.717, 1.165) is 0 Å². The van der Waals surface area contributed by atoms with Gasteiger partial charge in [-0.05, 0) is 0 Å². The molecule has 0 aromatic rings. The van der Waals surface area contributed by atoms with Crippen LogP contribution in [0, 0.1) is 0 Å². The highest BCUT2D eigenvalue weighted by Gasteiger charge is 2.20. The third-order valence-electron chi connectivity index (χ3n) is 0.976. The Bertz CT molecular complexity index is 94.1. The van der Waals surface area contributed by atoms with E-state index in [2.05, 4.69) is 4.74 Å². The molecule has 0 radical (unpaired) electrons. The monoisotopic (exact) mass is 161 g/mol. The molecule has 1 atom stereocenters. The maximum absolute atomic E-state index is 10.2. The highest BCUT2D eigenvalue weighted by Crippen LogP contribution is 2.00. The number of nitrogens with two attached hydrogens (primary N) is 1. The lowest BCUT2D eigenvalue weighted by Gasteiger charge is -1.89. The van der Waals surface area contributed by atoms with Crippen molar-refractivity contribution >= 4 is 5.97 Å². The van der Waals surface area contributed by atoms with E-state index in [0.29, 0.717) is 13.0 Å². The number of carbonyl (C=O) groups is 1. The molecule has 0 spiro atoms. The second kappa shape index (κ2) is 9.43. The minimum atomic E-state index is -0.347. The third-order valence-corrected chi connectivity index (χ3v) is 0.976. The first-order chi connectivity index (χ1) is 5.30. The number of esters is 1. The van der Waals surface area contributed by atoms with E-state index >= 15 is 0 Å². The van der Waals surface area contributed by atoms with Crippen LogP contribution in [0.3, 0.4) is 0 Å². The molecular weight excluding hydrogens is 142 g/mol. The minimum Gasteiger partial charge on any atom is -0.464 e. The molecule has 0 aromatic carbocycles. The number of hydrogen-bond acceptors (Lipinski definition) is 3. The summed E-state index contributed by atoms with van der Waals surface area (Å²) in [6.45, 7) is 8.50. The van der Waals surface area contributed by atoms with Crippen molar-refractivity contribution < 1.29 is 9.53 Å². The van der Waals surface area contributed by atoms with E-state index in [1.165, 1.54) is 0 Å². The van der Waals surface area contributed by atoms with Gasteiger partial charge in [0.15, 0.2) is 0 Å². The fraction of sp³-hybridized carbons (Fsp3) is 0.875. The average molecular weight is 161 g/mol. The molecule has 0 bridgehead atoms. The molecule has 1 aliphatic heterocycles. The smallest absolute Gasteiger partial charge is 0.323 e. The van der Waals surface area contributed by atoms with Crippen LogP contribution in [0.25, 0.3) is 0 Å². The van der Waals surface area contributed by atoms with Gasteiger partial charge in [-0.2, -0.15) is 0 Å². The van der Waals surface area contributed by atoms with Crippen molar-refractivity contribution in [2.24, 2.45) is 5.73 Å². The van der Waals surface area contributed by atoms with Crippen molar-refractivity contribution in [3.63, 3.8) is 0 Å². The highest BCUT2D eigenvalue weighted by atomic mass is 16.5. The fourth-order valence-corrected chi connectivity index (χ4v) is 0.511. The first kappa shape index (κ1) is 13.1. The summed E-state index contributed by atoms with van der Waals surface area (Å²) in [6, 6.07) is -0.347. The van der Waals surface area contributed by atoms with Crippen LogP contribution in [-0.4, -0.2) is 18.6 Å². The number of hydrogen-bond donors (Lipinski definition) is 1. The van der Waals surface area contributed by atoms with E-state index in [4.69, 9.17) is 5.73 Å². The van der Waals surface area contributed by atoms with Crippen LogP contribution in [0.1, 0.15) is 34.1 Å². The summed E-state index contributed by atoms with van der Waals surface area (Å²) < 4.78 is 4.50. The predicted molar refractivity (Wildman–Crippen MR) is 46.2 cm³/mol. The van der Waals surface area contributed by atoms with Crippen molar-refractivity contribution in [3.05, 3.63) is 0 Å². The molecule has 0 amide bonds. The summed E-state index contributed by atoms with van der Waals surface area (Å²) in [5.41, 5.74) is 5.20. The summed E-state index contributed by atoms with van der Waals surface area (Å²) in [7, 11) is 0. The van der Waals surface area contributed by atoms with Crippen LogP contribution in [0.2, 0.25) is 0 Å². The fourth-order valence-electron chi connectivity index (χ4n) is 0.511. The van der Waals surface area contributed by atoms with Crippen molar-refractivity contribution in [2.75, 3.05) is 6.61 Å². The Kier molecular flexibility index (Phi) is 11.2. The summed E-state index contributed by atoms with van der Waals surface area (Å²) in [4.78, 5) is 10.2. The first-order valence-electron chi connectivity index (χ1n) is 4.23. The first-order valence-corrected chi connectivity index (χ1v) is 4.23. The molecule has 0 saturated carbocycles. The van der Waals surface area contributed by atoms with E-state index in [-0.39, 0.29) is 12.0 Å². The van der Waals surface area contributed by atoms with E-state index in [1.807, 2.05) is 27.7 Å². The van der Waals surface area contributed by atoms with Gasteiger partial charge in [-0.25, -0.2) is 0 Å². The molecule has 1 heterocycles. The van der Waals surface area contributed by atoms with E-state index in [1.54, 1.807) is 0 Å². The maximum Gasteiger partial charge on any atom is 0.323 e. The molecule has 1 aliphatic rings. The second-order valence-electron chi connectivity index (χ2n) is 1.56. The van der Waals surface area contributed by atoms with Crippen LogP contribution < -0.4 is 5.73 Å². The Labute approximate surface area is 68.9 Å². The Morgan fingerprint density at radius 2 is 1.82 bits per heavy atom. The lowest BCUT2D eigenvalue weighted by Crippen LogP contribution is -2.24. The average Bonchev–Trinajstić information content (AvgIpc) is 2.44. The zero-order chi connectivity index (χ0) is 9.28. The minimum absolute atomic E-state index is 0.264. The van der Waals surface area contributed by atoms with Crippen molar-refractivity contribution in [1.29, 1.82) is 0 Å². The summed E-state index contributed by atoms with van der Waals surface area (Å²) in [5, 5.41) is 0. The number of rotatable bonds is 0. The summed E-state index contributed by atoms with van der Waals surface area (Å²) in [6.07, 6.45) is 0.679. The number of carbonyl (C=O) groups excluding carboxylic acids is 1. The van der Waals surface area contributed by atoms with E-state index < -0.39 is 0 Å². The Morgan fingerprint density at radius 1 is 1.36 bits per heavy atom. The maximum atomic E-state index is 10.2. The Hall–Kier alpha value is -0.570. The molecule has 1 saturated heterocycles. The van der Waals surface area contributed by atoms with Gasteiger partial charge >= 0.3 is 5.97 Å². The van der Waals surface area contributed by atoms with E-state index in [9.17, 15) is 4.79 Å². The molecule has 2 N–H and O–H groups in total. The molecule has 1 rings (SSSR count). The lowest BCUT2D eigenvalue weighted by molar-refractivity contribution is -0.139. The molecule has 3 heteroatoms. The van der Waals surface area contributed by atoms with Crippen LogP contribution >= 0.6 is 0 Å². The van der Waals surface area contributed by atoms with Gasteiger partial charge in [-0.15, -0.1) is 0 Å². The molecule has 11 heavy (non-hydrogen) atoms. The van der Waals surface area contributed by atoms with Crippen LogP contribution in [-0.2, 0) is 9.53 Å². The molecule has 68 valence electrons. The van der Waals surface area contributed by atoms with Gasteiger partial charge in [0.05, 0.1) is 6.61 Å². The van der Waals surface area contributed by atoms with Gasteiger partial charge in [-0.1, -0.05) is 27.7 Å². The SMILES string of the molecule is CC.CC.N[C@H]1CCOC1=O. The standard InChI is InChI=1S/C4H7NO2.2C2H6/c5-3-1-2-7-4(3)6;2*1-2/h3H,1-2,5H2;2*1-2H3/t3-;;/m0../s1. The largest absolute Gasteiger partial charge is 0.464 e. The van der Waals surface area contributed by atoms with Crippen molar-refractivity contribution in [2.45, 2.75) is 40.2 Å². The van der Waals surface area contributed by atoms with Crippen molar-refractivity contribution in [3.8, 4) is 0 Å². The molecular formula is C8H19NO2. The topological polar surface area (TPSA) is 52.3 Å². The zero-order valence-electron chi connectivity index (χ0n) is 7.89. The van der Waals surface area contributed by atoms with Gasteiger partial charge < -0.3 is 10.5 Å². The van der Waals surface area contributed by atoms with Crippen LogP contribution in [0.4, 0.5) is 0 Å². The number of cyclic esters (lactones) is 1. The predicted octanol–water partition coefficient (Wildman–Crippen LogP) is 1.31. The second-order valence-corrected chi connectivity index (χ2v) is 1.56. The highest BCUT2D eigenvalue weighted by molar-refractivity contribution is 5.77. The van der Waals surface area contributed by atoms with Gasteiger partial charge in [0, 0.05) is 6.42 Å². The third kappa shape index (κ3) is 5.85. The quantitative estimate of drug-likeness (QED) is 0.545. The van der Waals surface area contributed by atoms with Gasteiger partial charge in [0.2, 0.25) is 0 Å². The Morgan fingerprint density at radius 3 is 1.91 bits per heavy atom. The van der Waals surface area contributed by atoms with Gasteiger partial charge in [0.25, 0.3) is 0 Å². The van der Waals surface area contributed by atoms with Crippen molar-refractivity contribution in [1.82, 2.24) is 0 Å². The lowest BCUT2D eigenvalue weighted by atomic mass is 10.3. The molecule has 1 fully saturated rings. The Balaban J connectivity index is 0. The molecule has 3 nitrogen and oxygen atoms in total. The van der Waals surface area contributed by atoms with Crippen LogP contribution in [0.5, 0.6) is 0 Å².